The number of hydrogen-bond acceptors (Lipinski definition) is 6. The summed E-state index contributed by atoms with van der Waals surface area (Å²) in [6, 6.07) is 8.72. The number of nitrogens with one attached hydrogen (secondary N) is 1. The first-order chi connectivity index (χ1) is 17.1. The van der Waals surface area contributed by atoms with E-state index >= 15 is 0 Å². The second kappa shape index (κ2) is 12.0. The van der Waals surface area contributed by atoms with Crippen molar-refractivity contribution in [1.29, 1.82) is 0 Å². The lowest BCUT2D eigenvalue weighted by molar-refractivity contribution is -0.140. The first kappa shape index (κ1) is 27.9. The molecule has 2 amide bonds. The number of fused-ring (bicyclic) bond motifs is 1. The van der Waals surface area contributed by atoms with E-state index in [-0.39, 0.29) is 18.1 Å². The number of halogens is 2. The van der Waals surface area contributed by atoms with Crippen molar-refractivity contribution in [3.8, 4) is 11.5 Å². The highest BCUT2D eigenvalue weighted by molar-refractivity contribution is 7.92. The van der Waals surface area contributed by atoms with Crippen LogP contribution in [0.2, 0.25) is 10.0 Å². The molecule has 0 saturated carbocycles. The van der Waals surface area contributed by atoms with Crippen LogP contribution in [0.5, 0.6) is 11.5 Å². The number of anilines is 1. The first-order valence-electron chi connectivity index (χ1n) is 11.4. The Hall–Kier alpha value is -2.69. The average molecular weight is 558 g/mol. The summed E-state index contributed by atoms with van der Waals surface area (Å²) in [5, 5.41) is 3.40. The van der Waals surface area contributed by atoms with Crippen LogP contribution >= 0.6 is 23.2 Å². The lowest BCUT2D eigenvalue weighted by Gasteiger charge is -2.33. The largest absolute Gasteiger partial charge is 0.486 e. The molecule has 1 unspecified atom stereocenters. The Labute approximate surface area is 221 Å². The first-order valence-corrected chi connectivity index (χ1v) is 14.0. The molecular weight excluding hydrogens is 529 g/mol. The molecule has 1 heterocycles. The number of likely N-dealkylation sites (N-methyl/N-ethyl adjacent to an activating group) is 1. The van der Waals surface area contributed by atoms with Gasteiger partial charge in [0, 0.05) is 34.8 Å². The topological polar surface area (TPSA) is 105 Å². The maximum atomic E-state index is 13.7. The molecule has 0 spiro atoms. The molecule has 0 aromatic heterocycles. The molecule has 1 aliphatic heterocycles. The summed E-state index contributed by atoms with van der Waals surface area (Å²) in [6.07, 6.45) is 1.30. The van der Waals surface area contributed by atoms with Crippen LogP contribution in [-0.4, -0.2) is 63.7 Å². The summed E-state index contributed by atoms with van der Waals surface area (Å²) in [5.74, 6) is -0.0819. The van der Waals surface area contributed by atoms with Crippen LogP contribution in [-0.2, 0) is 26.2 Å². The number of ether oxygens (including phenoxy) is 2. The Kier molecular flexibility index (Phi) is 9.32. The number of nitrogens with zero attached hydrogens (tertiary/aromatic N) is 2. The Morgan fingerprint density at radius 2 is 1.69 bits per heavy atom. The van der Waals surface area contributed by atoms with Crippen LogP contribution in [0.1, 0.15) is 25.8 Å². The molecule has 12 heteroatoms. The minimum atomic E-state index is -3.89. The Morgan fingerprint density at radius 1 is 1.06 bits per heavy atom. The van der Waals surface area contributed by atoms with Gasteiger partial charge in [0.25, 0.3) is 0 Å². The Morgan fingerprint density at radius 3 is 2.28 bits per heavy atom. The number of rotatable bonds is 10. The maximum Gasteiger partial charge on any atom is 0.244 e. The normalized spacial score (nSPS) is 13.6. The maximum absolute atomic E-state index is 13.7. The van der Waals surface area contributed by atoms with Crippen molar-refractivity contribution in [3.63, 3.8) is 0 Å². The molecule has 36 heavy (non-hydrogen) atoms. The number of benzene rings is 2. The van der Waals surface area contributed by atoms with Crippen molar-refractivity contribution >= 4 is 50.7 Å². The predicted octanol–water partition coefficient (Wildman–Crippen LogP) is 3.47. The van der Waals surface area contributed by atoms with Crippen LogP contribution in [0, 0.1) is 0 Å². The Balaban J connectivity index is 1.99. The van der Waals surface area contributed by atoms with Crippen molar-refractivity contribution in [1.82, 2.24) is 10.2 Å². The third-order valence-electron chi connectivity index (χ3n) is 5.62. The minimum Gasteiger partial charge on any atom is -0.486 e. The number of amides is 2. The molecule has 1 N–H and O–H groups in total. The highest BCUT2D eigenvalue weighted by Crippen LogP contribution is 2.35. The quantitative estimate of drug-likeness (QED) is 0.479. The summed E-state index contributed by atoms with van der Waals surface area (Å²) in [6.45, 7) is 4.00. The minimum absolute atomic E-state index is 0.0777. The van der Waals surface area contributed by atoms with Crippen molar-refractivity contribution in [2.75, 3.05) is 36.9 Å². The Bertz CT molecular complexity index is 1200. The fraction of sp³-hybridized carbons (Fsp3) is 0.417. The molecule has 0 fully saturated rings. The SMILES string of the molecule is CCNC(=O)C(CC)N(Cc1c(Cl)cccc1Cl)C(=O)CN(c1ccc2c(c1)OCCO2)S(C)(=O)=O. The van der Waals surface area contributed by atoms with Gasteiger partial charge in [0.1, 0.15) is 25.8 Å². The van der Waals surface area contributed by atoms with Gasteiger partial charge in [-0.2, -0.15) is 0 Å². The van der Waals surface area contributed by atoms with E-state index in [1.807, 2.05) is 0 Å². The van der Waals surface area contributed by atoms with E-state index in [9.17, 15) is 18.0 Å². The zero-order valence-electron chi connectivity index (χ0n) is 20.3. The van der Waals surface area contributed by atoms with E-state index in [0.29, 0.717) is 53.3 Å². The van der Waals surface area contributed by atoms with E-state index in [1.165, 1.54) is 17.0 Å². The lowest BCUT2D eigenvalue weighted by Crippen LogP contribution is -2.52. The summed E-state index contributed by atoms with van der Waals surface area (Å²) in [5.41, 5.74) is 0.694. The van der Waals surface area contributed by atoms with Crippen molar-refractivity contribution in [2.24, 2.45) is 0 Å². The molecule has 9 nitrogen and oxygen atoms in total. The fourth-order valence-electron chi connectivity index (χ4n) is 3.87. The predicted molar refractivity (Wildman–Crippen MR) is 139 cm³/mol. The van der Waals surface area contributed by atoms with E-state index in [0.717, 1.165) is 10.6 Å². The van der Waals surface area contributed by atoms with E-state index in [4.69, 9.17) is 32.7 Å². The van der Waals surface area contributed by atoms with Gasteiger partial charge in [-0.1, -0.05) is 36.2 Å². The second-order valence-corrected chi connectivity index (χ2v) is 10.9. The highest BCUT2D eigenvalue weighted by atomic mass is 35.5. The van der Waals surface area contributed by atoms with Crippen molar-refractivity contribution in [2.45, 2.75) is 32.9 Å². The molecule has 1 atom stereocenters. The number of sulfonamides is 1. The molecule has 2 aromatic carbocycles. The van der Waals surface area contributed by atoms with Gasteiger partial charge < -0.3 is 19.7 Å². The molecular formula is C24H29Cl2N3O6S. The van der Waals surface area contributed by atoms with Crippen LogP contribution in [0.3, 0.4) is 0 Å². The van der Waals surface area contributed by atoms with Crippen LogP contribution in [0.4, 0.5) is 5.69 Å². The van der Waals surface area contributed by atoms with Crippen LogP contribution < -0.4 is 19.1 Å². The fourth-order valence-corrected chi connectivity index (χ4v) is 5.22. The molecule has 196 valence electrons. The van der Waals surface area contributed by atoms with Gasteiger partial charge >= 0.3 is 0 Å². The standard InChI is InChI=1S/C24H29Cl2N3O6S/c1-4-20(24(31)27-5-2)28(14-17-18(25)7-6-8-19(17)26)23(30)15-29(36(3,32)33)16-9-10-21-22(13-16)35-12-11-34-21/h6-10,13,20H,4-5,11-12,14-15H2,1-3H3,(H,27,31). The molecule has 0 bridgehead atoms. The van der Waals surface area contributed by atoms with E-state index in [2.05, 4.69) is 5.32 Å². The zero-order chi connectivity index (χ0) is 26.5. The third kappa shape index (κ3) is 6.54. The molecule has 1 aliphatic rings. The smallest absolute Gasteiger partial charge is 0.244 e. The third-order valence-corrected chi connectivity index (χ3v) is 7.47. The summed E-state index contributed by atoms with van der Waals surface area (Å²) in [7, 11) is -3.89. The van der Waals surface area contributed by atoms with Gasteiger partial charge in [0.05, 0.1) is 11.9 Å². The van der Waals surface area contributed by atoms with Gasteiger partial charge in [0.2, 0.25) is 21.8 Å². The zero-order valence-corrected chi connectivity index (χ0v) is 22.6. The van der Waals surface area contributed by atoms with Crippen molar-refractivity contribution in [3.05, 3.63) is 52.0 Å². The van der Waals surface area contributed by atoms with E-state index in [1.54, 1.807) is 38.1 Å². The molecule has 0 saturated heterocycles. The molecule has 0 aliphatic carbocycles. The molecule has 2 aromatic rings. The molecule has 3 rings (SSSR count). The lowest BCUT2D eigenvalue weighted by atomic mass is 10.1. The second-order valence-electron chi connectivity index (χ2n) is 8.14. The number of hydrogen-bond donors (Lipinski definition) is 1. The van der Waals surface area contributed by atoms with Gasteiger partial charge in [-0.15, -0.1) is 0 Å². The van der Waals surface area contributed by atoms with Gasteiger partial charge in [-0.25, -0.2) is 8.42 Å². The van der Waals surface area contributed by atoms with Gasteiger partial charge in [-0.3, -0.25) is 13.9 Å². The van der Waals surface area contributed by atoms with Crippen molar-refractivity contribution < 1.29 is 27.5 Å². The summed E-state index contributed by atoms with van der Waals surface area (Å²) < 4.78 is 37.6. The van der Waals surface area contributed by atoms with Crippen LogP contribution in [0.15, 0.2) is 36.4 Å². The summed E-state index contributed by atoms with van der Waals surface area (Å²) in [4.78, 5) is 27.9. The number of carbonyl (C=O) groups is 2. The van der Waals surface area contributed by atoms with Crippen LogP contribution in [0.25, 0.3) is 0 Å². The summed E-state index contributed by atoms with van der Waals surface area (Å²) >= 11 is 12.7. The molecule has 0 radical (unpaired) electrons. The number of carbonyl (C=O) groups excluding carboxylic acids is 2. The average Bonchev–Trinajstić information content (AvgIpc) is 2.83. The highest BCUT2D eigenvalue weighted by Gasteiger charge is 2.32. The van der Waals surface area contributed by atoms with E-state index < -0.39 is 28.5 Å². The monoisotopic (exact) mass is 557 g/mol. The van der Waals surface area contributed by atoms with Gasteiger partial charge in [0.15, 0.2) is 11.5 Å². The van der Waals surface area contributed by atoms with Gasteiger partial charge in [-0.05, 0) is 37.6 Å².